The molecule has 2 saturated heterocycles. The lowest BCUT2D eigenvalue weighted by Crippen LogP contribution is -2.60. The molecule has 3 fully saturated rings. The fourth-order valence-electron chi connectivity index (χ4n) is 5.22. The van der Waals surface area contributed by atoms with Crippen LogP contribution in [0.25, 0.3) is 0 Å². The van der Waals surface area contributed by atoms with E-state index in [0.29, 0.717) is 38.2 Å². The minimum absolute atomic E-state index is 0.0125. The molecule has 2 aliphatic heterocycles. The molecule has 1 aromatic rings. The van der Waals surface area contributed by atoms with Gasteiger partial charge in [0.05, 0.1) is 12.1 Å². The summed E-state index contributed by atoms with van der Waals surface area (Å²) >= 11 is 0. The van der Waals surface area contributed by atoms with E-state index in [1.807, 2.05) is 4.90 Å². The van der Waals surface area contributed by atoms with Crippen LogP contribution in [0.15, 0.2) is 24.3 Å². The van der Waals surface area contributed by atoms with E-state index in [1.54, 1.807) is 11.8 Å². The molecule has 2 heterocycles. The number of nitrogens with zero attached hydrogens (tertiary/aromatic N) is 2. The van der Waals surface area contributed by atoms with Gasteiger partial charge < -0.3 is 24.6 Å². The molecule has 3 aliphatic rings. The van der Waals surface area contributed by atoms with Gasteiger partial charge in [0.15, 0.2) is 0 Å². The second kappa shape index (κ2) is 7.89. The number of piperidine rings is 1. The van der Waals surface area contributed by atoms with Crippen LogP contribution >= 0.6 is 0 Å². The van der Waals surface area contributed by atoms with E-state index in [2.05, 4.69) is 10.1 Å². The summed E-state index contributed by atoms with van der Waals surface area (Å²) in [4.78, 5) is 28.7. The van der Waals surface area contributed by atoms with Crippen LogP contribution in [0.3, 0.4) is 0 Å². The van der Waals surface area contributed by atoms with E-state index >= 15 is 0 Å². The zero-order valence-electron chi connectivity index (χ0n) is 17.3. The third-order valence-electron chi connectivity index (χ3n) is 6.51. The number of hydrogen-bond acceptors (Lipinski definition) is 4. The molecular formula is C21H26F3N3O4. The monoisotopic (exact) mass is 441 g/mol. The van der Waals surface area contributed by atoms with Gasteiger partial charge in [0.25, 0.3) is 0 Å². The quantitative estimate of drug-likeness (QED) is 0.750. The van der Waals surface area contributed by atoms with Gasteiger partial charge in [-0.1, -0.05) is 12.8 Å². The number of hydrogen-bond donors (Lipinski definition) is 1. The molecule has 7 nitrogen and oxygen atoms in total. The van der Waals surface area contributed by atoms with Crippen LogP contribution in [0.1, 0.15) is 45.4 Å². The maximum absolute atomic E-state index is 12.6. The highest BCUT2D eigenvalue weighted by atomic mass is 19.4. The van der Waals surface area contributed by atoms with Gasteiger partial charge in [0.2, 0.25) is 5.91 Å². The Kier molecular flexibility index (Phi) is 5.53. The normalized spacial score (nSPS) is 22.2. The van der Waals surface area contributed by atoms with Crippen LogP contribution in [-0.4, -0.2) is 59.1 Å². The highest BCUT2D eigenvalue weighted by Gasteiger charge is 2.58. The van der Waals surface area contributed by atoms with E-state index in [1.165, 1.54) is 12.1 Å². The number of carbonyl (C=O) groups is 2. The van der Waals surface area contributed by atoms with Crippen molar-refractivity contribution in [3.63, 3.8) is 0 Å². The summed E-state index contributed by atoms with van der Waals surface area (Å²) in [6, 6.07) is 4.65. The van der Waals surface area contributed by atoms with Gasteiger partial charge in [0.1, 0.15) is 11.5 Å². The van der Waals surface area contributed by atoms with E-state index in [-0.39, 0.29) is 23.2 Å². The summed E-state index contributed by atoms with van der Waals surface area (Å²) in [6.45, 7) is 2.97. The number of carbonyl (C=O) groups excluding carboxylic acids is 2. The number of halogens is 3. The highest BCUT2D eigenvalue weighted by molar-refractivity contribution is 5.89. The van der Waals surface area contributed by atoms with Gasteiger partial charge in [-0.3, -0.25) is 4.79 Å². The Morgan fingerprint density at radius 2 is 1.68 bits per heavy atom. The maximum atomic E-state index is 12.6. The molecule has 3 amide bonds. The first kappa shape index (κ1) is 21.7. The van der Waals surface area contributed by atoms with Gasteiger partial charge in [-0.15, -0.1) is 13.2 Å². The number of anilines is 1. The van der Waals surface area contributed by atoms with Crippen molar-refractivity contribution in [2.75, 3.05) is 25.0 Å². The van der Waals surface area contributed by atoms with Crippen molar-refractivity contribution >= 4 is 17.6 Å². The SMILES string of the molecule is CC(=O)N1C2(CCCC2)COC12CCN(C(=O)Nc1ccc(OC(F)(F)F)cc1)CC2. The van der Waals surface area contributed by atoms with Crippen molar-refractivity contribution in [2.45, 2.75) is 63.1 Å². The molecule has 4 rings (SSSR count). The molecular weight excluding hydrogens is 415 g/mol. The number of benzene rings is 1. The number of alkyl halides is 3. The number of urea groups is 1. The Balaban J connectivity index is 1.36. The minimum atomic E-state index is -4.76. The summed E-state index contributed by atoms with van der Waals surface area (Å²) in [6.07, 6.45) is 0.371. The van der Waals surface area contributed by atoms with E-state index < -0.39 is 12.1 Å². The molecule has 1 saturated carbocycles. The molecule has 0 radical (unpaired) electrons. The maximum Gasteiger partial charge on any atom is 0.573 e. The van der Waals surface area contributed by atoms with Crippen molar-refractivity contribution in [3.8, 4) is 5.75 Å². The molecule has 0 aromatic heterocycles. The largest absolute Gasteiger partial charge is 0.573 e. The molecule has 0 bridgehead atoms. The molecule has 10 heteroatoms. The first-order valence-corrected chi connectivity index (χ1v) is 10.5. The van der Waals surface area contributed by atoms with E-state index in [9.17, 15) is 22.8 Å². The van der Waals surface area contributed by atoms with Crippen molar-refractivity contribution in [3.05, 3.63) is 24.3 Å². The summed E-state index contributed by atoms with van der Waals surface area (Å²) < 4.78 is 46.8. The number of amides is 3. The fourth-order valence-corrected chi connectivity index (χ4v) is 5.22. The van der Waals surface area contributed by atoms with Gasteiger partial charge in [0, 0.05) is 38.5 Å². The van der Waals surface area contributed by atoms with Crippen LogP contribution in [0.5, 0.6) is 5.75 Å². The molecule has 2 spiro atoms. The third-order valence-corrected chi connectivity index (χ3v) is 6.51. The Labute approximate surface area is 178 Å². The number of ether oxygens (including phenoxy) is 2. The van der Waals surface area contributed by atoms with E-state index in [4.69, 9.17) is 4.74 Å². The zero-order valence-corrected chi connectivity index (χ0v) is 17.3. The number of rotatable bonds is 2. The molecule has 1 aliphatic carbocycles. The Bertz CT molecular complexity index is 829. The Morgan fingerprint density at radius 1 is 1.06 bits per heavy atom. The first-order valence-electron chi connectivity index (χ1n) is 10.5. The summed E-state index contributed by atoms with van der Waals surface area (Å²) in [5.41, 5.74) is -0.507. The van der Waals surface area contributed by atoms with Crippen molar-refractivity contribution in [2.24, 2.45) is 0 Å². The van der Waals surface area contributed by atoms with Crippen LogP contribution in [0.4, 0.5) is 23.7 Å². The highest BCUT2D eigenvalue weighted by Crippen LogP contribution is 2.49. The van der Waals surface area contributed by atoms with Crippen LogP contribution < -0.4 is 10.1 Å². The molecule has 170 valence electrons. The second-order valence-corrected chi connectivity index (χ2v) is 8.51. The molecule has 0 atom stereocenters. The lowest BCUT2D eigenvalue weighted by atomic mass is 9.91. The van der Waals surface area contributed by atoms with Gasteiger partial charge in [-0.05, 0) is 37.1 Å². The standard InChI is InChI=1S/C21H26F3N3O4/c1-15(28)27-19(8-2-3-9-19)14-30-20(27)10-12-26(13-11-20)18(29)25-16-4-6-17(7-5-16)31-21(22,23)24/h4-7H,2-3,8-14H2,1H3,(H,25,29). The minimum Gasteiger partial charge on any atom is -0.406 e. The fraction of sp³-hybridized carbons (Fsp3) is 0.619. The second-order valence-electron chi connectivity index (χ2n) is 8.51. The zero-order chi connectivity index (χ0) is 22.3. The van der Waals surface area contributed by atoms with Crippen LogP contribution in [0.2, 0.25) is 0 Å². The van der Waals surface area contributed by atoms with Crippen LogP contribution in [0, 0.1) is 0 Å². The average Bonchev–Trinajstić information content (AvgIpc) is 3.28. The average molecular weight is 441 g/mol. The van der Waals surface area contributed by atoms with Gasteiger partial charge in [-0.25, -0.2) is 4.79 Å². The van der Waals surface area contributed by atoms with Gasteiger partial charge in [-0.2, -0.15) is 0 Å². The summed E-state index contributed by atoms with van der Waals surface area (Å²) in [7, 11) is 0. The van der Waals surface area contributed by atoms with Crippen molar-refractivity contribution < 1.29 is 32.2 Å². The lowest BCUT2D eigenvalue weighted by molar-refractivity contribution is -0.274. The number of likely N-dealkylation sites (tertiary alicyclic amines) is 1. The topological polar surface area (TPSA) is 71.1 Å². The lowest BCUT2D eigenvalue weighted by Gasteiger charge is -2.47. The Morgan fingerprint density at radius 3 is 2.23 bits per heavy atom. The van der Waals surface area contributed by atoms with Crippen molar-refractivity contribution in [1.82, 2.24) is 9.80 Å². The summed E-state index contributed by atoms with van der Waals surface area (Å²) in [5, 5.41) is 2.69. The van der Waals surface area contributed by atoms with Crippen LogP contribution in [-0.2, 0) is 9.53 Å². The molecule has 1 aromatic carbocycles. The van der Waals surface area contributed by atoms with Crippen molar-refractivity contribution in [1.29, 1.82) is 0 Å². The molecule has 1 N–H and O–H groups in total. The first-order chi connectivity index (χ1) is 14.6. The predicted molar refractivity (Wildman–Crippen MR) is 105 cm³/mol. The van der Waals surface area contributed by atoms with Gasteiger partial charge >= 0.3 is 12.4 Å². The molecule has 0 unspecified atom stereocenters. The Hall–Kier alpha value is -2.49. The predicted octanol–water partition coefficient (Wildman–Crippen LogP) is 4.10. The number of nitrogens with one attached hydrogen (secondary N) is 1. The summed E-state index contributed by atoms with van der Waals surface area (Å²) in [5.74, 6) is -0.340. The molecule has 31 heavy (non-hydrogen) atoms. The smallest absolute Gasteiger partial charge is 0.406 e. The van der Waals surface area contributed by atoms with E-state index in [0.717, 1.165) is 37.8 Å². The third kappa shape index (κ3) is 4.30.